The number of carboxylic acids is 1. The third kappa shape index (κ3) is 2.73. The summed E-state index contributed by atoms with van der Waals surface area (Å²) in [4.78, 5) is 11.9. The topological polar surface area (TPSA) is 63.3 Å². The molecule has 0 saturated carbocycles. The Bertz CT molecular complexity index is 595. The molecule has 0 radical (unpaired) electrons. The van der Waals surface area contributed by atoms with Crippen LogP contribution in [0.15, 0.2) is 54.6 Å². The second-order valence-electron chi connectivity index (χ2n) is 5.12. The first-order valence-corrected chi connectivity index (χ1v) is 6.63. The van der Waals surface area contributed by atoms with Crippen molar-refractivity contribution in [2.45, 2.75) is 18.8 Å². The molecule has 104 valence electrons. The Kier molecular flexibility index (Phi) is 4.20. The predicted octanol–water partition coefficient (Wildman–Crippen LogP) is 2.52. The molecule has 0 fully saturated rings. The van der Waals surface area contributed by atoms with E-state index in [4.69, 9.17) is 5.73 Å². The number of hydrogen-bond acceptors (Lipinski definition) is 2. The molecule has 2 rings (SSSR count). The van der Waals surface area contributed by atoms with Gasteiger partial charge in [-0.1, -0.05) is 60.2 Å². The van der Waals surface area contributed by atoms with E-state index in [2.05, 4.69) is 0 Å². The third-order valence-corrected chi connectivity index (χ3v) is 3.67. The highest BCUT2D eigenvalue weighted by molar-refractivity contribution is 5.82. The van der Waals surface area contributed by atoms with Gasteiger partial charge in [0.1, 0.15) is 5.41 Å². The van der Waals surface area contributed by atoms with Gasteiger partial charge in [0.05, 0.1) is 0 Å². The molecule has 20 heavy (non-hydrogen) atoms. The molecule has 2 aromatic carbocycles. The lowest BCUT2D eigenvalue weighted by atomic mass is 9.75. The Hall–Kier alpha value is -2.13. The molecular formula is C17H19NO2. The highest BCUT2D eigenvalue weighted by atomic mass is 16.4. The van der Waals surface area contributed by atoms with Gasteiger partial charge in [-0.15, -0.1) is 0 Å². The van der Waals surface area contributed by atoms with E-state index in [1.54, 1.807) is 0 Å². The van der Waals surface area contributed by atoms with Crippen molar-refractivity contribution in [3.8, 4) is 0 Å². The Morgan fingerprint density at radius 2 is 1.85 bits per heavy atom. The Morgan fingerprint density at radius 1 is 1.15 bits per heavy atom. The number of carbonyl (C=O) groups is 1. The van der Waals surface area contributed by atoms with Crippen molar-refractivity contribution in [3.63, 3.8) is 0 Å². The fourth-order valence-corrected chi connectivity index (χ4v) is 2.51. The fraction of sp³-hybridized carbons (Fsp3) is 0.235. The molecule has 1 atom stereocenters. The highest BCUT2D eigenvalue weighted by Crippen LogP contribution is 2.28. The maximum absolute atomic E-state index is 11.9. The van der Waals surface area contributed by atoms with Crippen LogP contribution in [0.3, 0.4) is 0 Å². The molecule has 0 aliphatic rings. The quantitative estimate of drug-likeness (QED) is 0.876. The Morgan fingerprint density at radius 3 is 2.40 bits per heavy atom. The van der Waals surface area contributed by atoms with Crippen LogP contribution >= 0.6 is 0 Å². The Labute approximate surface area is 119 Å². The van der Waals surface area contributed by atoms with Crippen LogP contribution < -0.4 is 5.73 Å². The van der Waals surface area contributed by atoms with Crippen molar-refractivity contribution < 1.29 is 9.90 Å². The summed E-state index contributed by atoms with van der Waals surface area (Å²) in [5, 5.41) is 9.73. The number of aryl methyl sites for hydroxylation is 1. The van der Waals surface area contributed by atoms with Crippen LogP contribution in [0.1, 0.15) is 16.7 Å². The van der Waals surface area contributed by atoms with Gasteiger partial charge < -0.3 is 10.8 Å². The van der Waals surface area contributed by atoms with Crippen LogP contribution in [0.4, 0.5) is 0 Å². The van der Waals surface area contributed by atoms with Crippen molar-refractivity contribution in [2.24, 2.45) is 5.73 Å². The van der Waals surface area contributed by atoms with Gasteiger partial charge in [-0.3, -0.25) is 4.79 Å². The molecule has 3 heteroatoms. The average molecular weight is 269 g/mol. The maximum atomic E-state index is 11.9. The van der Waals surface area contributed by atoms with Gasteiger partial charge >= 0.3 is 5.97 Å². The largest absolute Gasteiger partial charge is 0.481 e. The van der Waals surface area contributed by atoms with Crippen molar-refractivity contribution in [2.75, 3.05) is 6.54 Å². The van der Waals surface area contributed by atoms with E-state index in [1.807, 2.05) is 61.5 Å². The first-order valence-electron chi connectivity index (χ1n) is 6.63. The van der Waals surface area contributed by atoms with Crippen molar-refractivity contribution in [3.05, 3.63) is 71.3 Å². The molecule has 0 aliphatic carbocycles. The zero-order valence-electron chi connectivity index (χ0n) is 11.5. The molecule has 0 aromatic heterocycles. The summed E-state index contributed by atoms with van der Waals surface area (Å²) in [5.41, 5.74) is 7.62. The van der Waals surface area contributed by atoms with E-state index in [0.29, 0.717) is 6.42 Å². The molecule has 0 bridgehead atoms. The number of rotatable bonds is 5. The second kappa shape index (κ2) is 5.88. The van der Waals surface area contributed by atoms with E-state index in [1.165, 1.54) is 0 Å². The minimum absolute atomic E-state index is 0.0697. The first-order chi connectivity index (χ1) is 9.58. The van der Waals surface area contributed by atoms with Gasteiger partial charge in [0.25, 0.3) is 0 Å². The van der Waals surface area contributed by atoms with Crippen LogP contribution in [0.5, 0.6) is 0 Å². The fourth-order valence-electron chi connectivity index (χ4n) is 2.51. The van der Waals surface area contributed by atoms with Gasteiger partial charge in [0.15, 0.2) is 0 Å². The maximum Gasteiger partial charge on any atom is 0.315 e. The monoisotopic (exact) mass is 269 g/mol. The van der Waals surface area contributed by atoms with Crippen molar-refractivity contribution in [1.29, 1.82) is 0 Å². The molecule has 2 aromatic rings. The molecule has 0 saturated heterocycles. The number of nitrogens with two attached hydrogens (primary N) is 1. The van der Waals surface area contributed by atoms with Crippen LogP contribution in [0.2, 0.25) is 0 Å². The third-order valence-electron chi connectivity index (χ3n) is 3.67. The van der Waals surface area contributed by atoms with E-state index in [-0.39, 0.29) is 6.54 Å². The lowest BCUT2D eigenvalue weighted by Crippen LogP contribution is -2.45. The number of aliphatic carboxylic acids is 1. The summed E-state index contributed by atoms with van der Waals surface area (Å²) in [5.74, 6) is -0.882. The summed E-state index contributed by atoms with van der Waals surface area (Å²) >= 11 is 0. The standard InChI is InChI=1S/C17H19NO2/c1-13-6-5-7-14(10-13)11-17(12-18,16(19)20)15-8-3-2-4-9-15/h2-10H,11-12,18H2,1H3,(H,19,20). The lowest BCUT2D eigenvalue weighted by molar-refractivity contribution is -0.143. The van der Waals surface area contributed by atoms with Crippen molar-refractivity contribution in [1.82, 2.24) is 0 Å². The van der Waals surface area contributed by atoms with Crippen molar-refractivity contribution >= 4 is 5.97 Å². The molecule has 0 aliphatic heterocycles. The summed E-state index contributed by atoms with van der Waals surface area (Å²) < 4.78 is 0. The van der Waals surface area contributed by atoms with E-state index in [9.17, 15) is 9.90 Å². The highest BCUT2D eigenvalue weighted by Gasteiger charge is 2.39. The first kappa shape index (κ1) is 14.3. The van der Waals surface area contributed by atoms with Crippen LogP contribution in [-0.2, 0) is 16.6 Å². The zero-order valence-corrected chi connectivity index (χ0v) is 11.5. The summed E-state index contributed by atoms with van der Waals surface area (Å²) in [6.45, 7) is 2.07. The molecule has 3 nitrogen and oxygen atoms in total. The van der Waals surface area contributed by atoms with Gasteiger partial charge in [-0.05, 0) is 24.5 Å². The predicted molar refractivity (Wildman–Crippen MR) is 79.7 cm³/mol. The molecule has 0 heterocycles. The van der Waals surface area contributed by atoms with E-state index in [0.717, 1.165) is 16.7 Å². The number of carboxylic acid groups (broad SMARTS) is 1. The minimum atomic E-state index is -1.07. The number of hydrogen-bond donors (Lipinski definition) is 2. The Balaban J connectivity index is 2.45. The molecule has 3 N–H and O–H groups in total. The second-order valence-corrected chi connectivity index (χ2v) is 5.12. The summed E-state index contributed by atoms with van der Waals surface area (Å²) in [6.07, 6.45) is 0.393. The summed E-state index contributed by atoms with van der Waals surface area (Å²) in [6, 6.07) is 17.1. The van der Waals surface area contributed by atoms with Gasteiger partial charge in [0, 0.05) is 6.54 Å². The lowest BCUT2D eigenvalue weighted by Gasteiger charge is -2.28. The van der Waals surface area contributed by atoms with Crippen LogP contribution in [0, 0.1) is 6.92 Å². The van der Waals surface area contributed by atoms with Gasteiger partial charge in [-0.25, -0.2) is 0 Å². The SMILES string of the molecule is Cc1cccc(CC(CN)(C(=O)O)c2ccccc2)c1. The normalized spacial score (nSPS) is 13.7. The zero-order chi connectivity index (χ0) is 14.6. The van der Waals surface area contributed by atoms with Crippen LogP contribution in [-0.4, -0.2) is 17.6 Å². The average Bonchev–Trinajstić information content (AvgIpc) is 2.45. The van der Waals surface area contributed by atoms with E-state index < -0.39 is 11.4 Å². The van der Waals surface area contributed by atoms with Gasteiger partial charge in [-0.2, -0.15) is 0 Å². The molecule has 0 spiro atoms. The minimum Gasteiger partial charge on any atom is -0.481 e. The molecular weight excluding hydrogens is 250 g/mol. The smallest absolute Gasteiger partial charge is 0.315 e. The number of benzene rings is 2. The van der Waals surface area contributed by atoms with Gasteiger partial charge in [0.2, 0.25) is 0 Å². The molecule has 0 amide bonds. The summed E-state index contributed by atoms with van der Waals surface area (Å²) in [7, 11) is 0. The van der Waals surface area contributed by atoms with E-state index >= 15 is 0 Å². The molecule has 1 unspecified atom stereocenters. The van der Waals surface area contributed by atoms with Crippen LogP contribution in [0.25, 0.3) is 0 Å².